The van der Waals surface area contributed by atoms with Crippen molar-refractivity contribution in [3.8, 4) is 17.6 Å². The predicted octanol–water partition coefficient (Wildman–Crippen LogP) is 1.50. The van der Waals surface area contributed by atoms with Crippen molar-refractivity contribution in [3.63, 3.8) is 0 Å². The first-order chi connectivity index (χ1) is 8.62. The lowest BCUT2D eigenvalue weighted by Gasteiger charge is -2.12. The lowest BCUT2D eigenvalue weighted by molar-refractivity contribution is 0.111. The van der Waals surface area contributed by atoms with Crippen molar-refractivity contribution in [2.45, 2.75) is 0 Å². The lowest BCUT2D eigenvalue weighted by Crippen LogP contribution is -2.09. The van der Waals surface area contributed by atoms with Gasteiger partial charge in [-0.2, -0.15) is 5.26 Å². The van der Waals surface area contributed by atoms with E-state index in [1.54, 1.807) is 6.07 Å². The van der Waals surface area contributed by atoms with E-state index in [-0.39, 0.29) is 29.4 Å². The normalized spacial score (nSPS) is 9.11. The van der Waals surface area contributed by atoms with E-state index in [4.69, 9.17) is 19.8 Å². The Balaban J connectivity index is 3.21. The molecule has 0 aliphatic rings. The molecule has 0 radical (unpaired) electrons. The van der Waals surface area contributed by atoms with E-state index in [0.29, 0.717) is 6.29 Å². The number of nitrogens with zero attached hydrogens (tertiary/aromatic N) is 1. The summed E-state index contributed by atoms with van der Waals surface area (Å²) in [5, 5.41) is 19.1. The van der Waals surface area contributed by atoms with Crippen LogP contribution in [0.1, 0.15) is 10.4 Å². The van der Waals surface area contributed by atoms with Crippen LogP contribution in [-0.2, 0) is 0 Å². The molecule has 0 aromatic heterocycles. The number of ether oxygens (including phenoxy) is 2. The molecule has 0 unspecified atom stereocenters. The number of nitriles is 1. The van der Waals surface area contributed by atoms with Crippen LogP contribution < -0.4 is 14.8 Å². The van der Waals surface area contributed by atoms with Gasteiger partial charge < -0.3 is 14.6 Å². The molecule has 0 fully saturated rings. The molecular weight excluding hydrogens is 240 g/mol. The fraction of sp³-hybridized carbons (Fsp3) is 0.182. The average molecular weight is 250 g/mol. The molecule has 0 heterocycles. The SMILES string of the molecule is COc1cc(NC(=O)O)cc(C=O)c1OCC#N. The van der Waals surface area contributed by atoms with Crippen LogP contribution >= 0.6 is 0 Å². The maximum absolute atomic E-state index is 10.9. The minimum absolute atomic E-state index is 0.0911. The molecule has 0 saturated heterocycles. The van der Waals surface area contributed by atoms with Gasteiger partial charge in [-0.25, -0.2) is 4.79 Å². The monoisotopic (exact) mass is 250 g/mol. The third-order valence-electron chi connectivity index (χ3n) is 1.96. The first kappa shape index (κ1) is 13.3. The quantitative estimate of drug-likeness (QED) is 0.766. The van der Waals surface area contributed by atoms with Crippen LogP contribution in [0.5, 0.6) is 11.5 Å². The standard InChI is InChI=1S/C11H10N2O5/c1-17-9-5-8(13-11(15)16)4-7(6-14)10(9)18-3-2-12/h4-6,13H,3H2,1H3,(H,15,16). The van der Waals surface area contributed by atoms with Gasteiger partial charge >= 0.3 is 6.09 Å². The van der Waals surface area contributed by atoms with Gasteiger partial charge in [0.2, 0.25) is 0 Å². The van der Waals surface area contributed by atoms with Gasteiger partial charge in [0.1, 0.15) is 6.07 Å². The third-order valence-corrected chi connectivity index (χ3v) is 1.96. The Hall–Kier alpha value is -2.75. The Morgan fingerprint density at radius 2 is 2.33 bits per heavy atom. The lowest BCUT2D eigenvalue weighted by atomic mass is 10.1. The van der Waals surface area contributed by atoms with E-state index in [1.807, 2.05) is 0 Å². The predicted molar refractivity (Wildman–Crippen MR) is 61.1 cm³/mol. The summed E-state index contributed by atoms with van der Waals surface area (Å²) in [6, 6.07) is 4.41. The Kier molecular flexibility index (Phi) is 4.51. The number of carbonyl (C=O) groups excluding carboxylic acids is 1. The number of methoxy groups -OCH3 is 1. The van der Waals surface area contributed by atoms with Crippen molar-refractivity contribution in [1.82, 2.24) is 0 Å². The van der Waals surface area contributed by atoms with Gasteiger partial charge in [0.25, 0.3) is 0 Å². The second-order valence-corrected chi connectivity index (χ2v) is 3.09. The van der Waals surface area contributed by atoms with Gasteiger partial charge in [0.15, 0.2) is 24.4 Å². The van der Waals surface area contributed by atoms with Crippen LogP contribution in [0.25, 0.3) is 0 Å². The molecule has 0 aliphatic carbocycles. The molecule has 1 aromatic carbocycles. The number of hydrogen-bond acceptors (Lipinski definition) is 5. The van der Waals surface area contributed by atoms with Crippen molar-refractivity contribution < 1.29 is 24.2 Å². The zero-order valence-electron chi connectivity index (χ0n) is 9.47. The second kappa shape index (κ2) is 6.10. The highest BCUT2D eigenvalue weighted by Gasteiger charge is 2.14. The molecule has 7 heteroatoms. The number of amides is 1. The molecule has 94 valence electrons. The van der Waals surface area contributed by atoms with Crippen LogP contribution in [-0.4, -0.2) is 31.2 Å². The summed E-state index contributed by atoms with van der Waals surface area (Å²) in [5.74, 6) is 0.267. The van der Waals surface area contributed by atoms with Crippen LogP contribution in [0.2, 0.25) is 0 Å². The molecule has 2 N–H and O–H groups in total. The first-order valence-electron chi connectivity index (χ1n) is 4.79. The highest BCUT2D eigenvalue weighted by atomic mass is 16.5. The van der Waals surface area contributed by atoms with Crippen molar-refractivity contribution in [2.75, 3.05) is 19.0 Å². The summed E-state index contributed by atoms with van der Waals surface area (Å²) in [7, 11) is 1.34. The van der Waals surface area contributed by atoms with E-state index in [0.717, 1.165) is 0 Å². The van der Waals surface area contributed by atoms with E-state index >= 15 is 0 Å². The Morgan fingerprint density at radius 3 is 2.83 bits per heavy atom. The van der Waals surface area contributed by atoms with Crippen molar-refractivity contribution in [1.29, 1.82) is 5.26 Å². The van der Waals surface area contributed by atoms with Crippen molar-refractivity contribution in [2.24, 2.45) is 0 Å². The summed E-state index contributed by atoms with van der Waals surface area (Å²) >= 11 is 0. The van der Waals surface area contributed by atoms with Crippen molar-refractivity contribution >= 4 is 18.1 Å². The molecular formula is C11H10N2O5. The van der Waals surface area contributed by atoms with E-state index < -0.39 is 6.09 Å². The van der Waals surface area contributed by atoms with Crippen LogP contribution in [0.15, 0.2) is 12.1 Å². The zero-order valence-corrected chi connectivity index (χ0v) is 9.47. The fourth-order valence-corrected chi connectivity index (χ4v) is 1.32. The minimum Gasteiger partial charge on any atom is -0.493 e. The number of benzene rings is 1. The molecule has 0 bridgehead atoms. The number of nitrogens with one attached hydrogen (secondary N) is 1. The summed E-state index contributed by atoms with van der Waals surface area (Å²) < 4.78 is 10.0. The largest absolute Gasteiger partial charge is 0.493 e. The highest BCUT2D eigenvalue weighted by molar-refractivity contribution is 5.89. The Morgan fingerprint density at radius 1 is 1.61 bits per heavy atom. The van der Waals surface area contributed by atoms with E-state index in [9.17, 15) is 9.59 Å². The number of anilines is 1. The van der Waals surface area contributed by atoms with E-state index in [2.05, 4.69) is 5.32 Å². The van der Waals surface area contributed by atoms with Crippen LogP contribution in [0.3, 0.4) is 0 Å². The summed E-state index contributed by atoms with van der Waals surface area (Å²) in [6.45, 7) is -0.247. The summed E-state index contributed by atoms with van der Waals surface area (Å²) in [5.41, 5.74) is 0.263. The van der Waals surface area contributed by atoms with Gasteiger partial charge in [-0.1, -0.05) is 0 Å². The first-order valence-corrected chi connectivity index (χ1v) is 4.79. The second-order valence-electron chi connectivity index (χ2n) is 3.09. The Bertz CT molecular complexity index is 507. The van der Waals surface area contributed by atoms with E-state index in [1.165, 1.54) is 19.2 Å². The molecule has 1 amide bonds. The topological polar surface area (TPSA) is 109 Å². The molecule has 1 aromatic rings. The highest BCUT2D eigenvalue weighted by Crippen LogP contribution is 2.33. The average Bonchev–Trinajstić information content (AvgIpc) is 2.35. The maximum Gasteiger partial charge on any atom is 0.409 e. The number of aldehydes is 1. The number of carbonyl (C=O) groups is 2. The van der Waals surface area contributed by atoms with Crippen LogP contribution in [0, 0.1) is 11.3 Å². The van der Waals surface area contributed by atoms with Crippen molar-refractivity contribution in [3.05, 3.63) is 17.7 Å². The Labute approximate surface area is 103 Å². The molecule has 0 saturated carbocycles. The number of hydrogen-bond donors (Lipinski definition) is 2. The third kappa shape index (κ3) is 3.12. The molecule has 18 heavy (non-hydrogen) atoms. The zero-order chi connectivity index (χ0) is 13.5. The van der Waals surface area contributed by atoms with Crippen LogP contribution in [0.4, 0.5) is 10.5 Å². The van der Waals surface area contributed by atoms with Gasteiger partial charge in [-0.15, -0.1) is 0 Å². The minimum atomic E-state index is -1.26. The summed E-state index contributed by atoms with van der Waals surface area (Å²) in [4.78, 5) is 21.4. The molecule has 1 rings (SSSR count). The molecule has 0 atom stereocenters. The number of carboxylic acid groups (broad SMARTS) is 1. The number of rotatable bonds is 5. The maximum atomic E-state index is 10.9. The van der Waals surface area contributed by atoms with Gasteiger partial charge in [0, 0.05) is 11.8 Å². The fourth-order valence-electron chi connectivity index (χ4n) is 1.32. The van der Waals surface area contributed by atoms with Gasteiger partial charge in [-0.05, 0) is 6.07 Å². The smallest absolute Gasteiger partial charge is 0.409 e. The molecule has 0 aliphatic heterocycles. The van der Waals surface area contributed by atoms with Gasteiger partial charge in [-0.3, -0.25) is 10.1 Å². The molecule has 0 spiro atoms. The van der Waals surface area contributed by atoms with Gasteiger partial charge in [0.05, 0.1) is 12.7 Å². The summed E-state index contributed by atoms with van der Waals surface area (Å²) in [6.07, 6.45) is -0.776. The molecule has 7 nitrogen and oxygen atoms in total.